The first-order valence-corrected chi connectivity index (χ1v) is 21.3. The number of benzene rings is 1. The highest BCUT2D eigenvalue weighted by Crippen LogP contribution is 2.39. The Morgan fingerprint density at radius 1 is 1.00 bits per heavy atom. The van der Waals surface area contributed by atoms with Crippen molar-refractivity contribution in [2.45, 2.75) is 141 Å². The van der Waals surface area contributed by atoms with Gasteiger partial charge in [0, 0.05) is 43.6 Å². The van der Waals surface area contributed by atoms with Crippen molar-refractivity contribution in [2.24, 2.45) is 23.7 Å². The molecule has 1 amide bonds. The number of thiazole rings is 1. The number of aryl methyl sites for hydroxylation is 1. The molecule has 3 saturated heterocycles. The number of rotatable bonds is 11. The van der Waals surface area contributed by atoms with Gasteiger partial charge in [-0.3, -0.25) is 14.4 Å². The molecule has 3 aliphatic heterocycles. The lowest BCUT2D eigenvalue weighted by molar-refractivity contribution is -0.295. The van der Waals surface area contributed by atoms with Gasteiger partial charge in [0.25, 0.3) is 0 Å². The minimum absolute atomic E-state index is 0.132. The highest BCUT2D eigenvalue weighted by atomic mass is 32.1. The van der Waals surface area contributed by atoms with Crippen molar-refractivity contribution in [3.05, 3.63) is 41.5 Å². The smallest absolute Gasteiger partial charge is 0.410 e. The molecule has 2 aromatic rings. The predicted octanol–water partition coefficient (Wildman–Crippen LogP) is 5.95. The second kappa shape index (κ2) is 19.2. The molecular weight excluding hydrogens is 751 g/mol. The van der Waals surface area contributed by atoms with Crippen LogP contribution in [0.25, 0.3) is 10.4 Å². The molecule has 14 heteroatoms. The number of ketones is 2. The standard InChI is InChI=1S/C43H63N3O10S/c1-11-31-38-34(46(42(51)55-38)20-16-15-19-33-44-23-32(57-33)29-17-13-12-14-18-29)26(4)35(47)24(2)22-43(7,52-10)39(27(5)36(48)28(6)40(50)54-31)56-41-37(49)30(45(8)9)21-25(3)53-41/h12-14,17-18,23-28,30-31,34,37-39,41,49H,11,15-16,19-22H2,1-10H3/t24-,25-,26-,27+,28-,30+,31-,34-,37-,38-,39-,41+,43-/m1/s1. The number of nitrogens with zero attached hydrogens (tertiary/aromatic N) is 3. The van der Waals surface area contributed by atoms with E-state index in [2.05, 4.69) is 17.1 Å². The molecule has 13 atom stereocenters. The Bertz CT molecular complexity index is 1690. The van der Waals surface area contributed by atoms with Crippen LogP contribution in [0.3, 0.4) is 0 Å². The lowest BCUT2D eigenvalue weighted by Crippen LogP contribution is -2.59. The number of aromatic nitrogens is 1. The third-order valence-corrected chi connectivity index (χ3v) is 13.4. The van der Waals surface area contributed by atoms with Crippen molar-refractivity contribution in [1.82, 2.24) is 14.8 Å². The minimum atomic E-state index is -1.25. The molecule has 1 aromatic carbocycles. The van der Waals surface area contributed by atoms with Gasteiger partial charge < -0.3 is 38.6 Å². The number of amides is 1. The summed E-state index contributed by atoms with van der Waals surface area (Å²) in [6.45, 7) is 12.6. The van der Waals surface area contributed by atoms with Gasteiger partial charge >= 0.3 is 12.1 Å². The van der Waals surface area contributed by atoms with Gasteiger partial charge in [-0.25, -0.2) is 9.78 Å². The molecule has 0 unspecified atom stereocenters. The van der Waals surface area contributed by atoms with Crippen LogP contribution in [0, 0.1) is 23.7 Å². The zero-order chi connectivity index (χ0) is 41.8. The Balaban J connectivity index is 1.40. The third kappa shape index (κ3) is 9.96. The summed E-state index contributed by atoms with van der Waals surface area (Å²) < 4.78 is 30.9. The molecule has 5 rings (SSSR count). The first-order valence-electron chi connectivity index (χ1n) is 20.5. The maximum Gasteiger partial charge on any atom is 0.410 e. The lowest BCUT2D eigenvalue weighted by Gasteiger charge is -2.47. The molecule has 316 valence electrons. The number of carbonyl (C=O) groups is 4. The highest BCUT2D eigenvalue weighted by molar-refractivity contribution is 7.15. The van der Waals surface area contributed by atoms with Crippen LogP contribution < -0.4 is 0 Å². The summed E-state index contributed by atoms with van der Waals surface area (Å²) in [5.41, 5.74) is -0.134. The number of aliphatic hydroxyl groups is 1. The molecule has 0 radical (unpaired) electrons. The summed E-state index contributed by atoms with van der Waals surface area (Å²) in [6.07, 6.45) is -0.792. The molecule has 0 saturated carbocycles. The molecule has 3 fully saturated rings. The van der Waals surface area contributed by atoms with E-state index in [1.165, 1.54) is 14.0 Å². The van der Waals surface area contributed by atoms with Gasteiger partial charge in [-0.1, -0.05) is 58.0 Å². The van der Waals surface area contributed by atoms with Crippen molar-refractivity contribution >= 4 is 35.0 Å². The van der Waals surface area contributed by atoms with Gasteiger partial charge in [0.1, 0.15) is 23.9 Å². The molecule has 0 bridgehead atoms. The zero-order valence-electron chi connectivity index (χ0n) is 35.2. The number of ether oxygens (including phenoxy) is 5. The maximum absolute atomic E-state index is 14.6. The normalized spacial score (nSPS) is 35.8. The van der Waals surface area contributed by atoms with E-state index < -0.39 is 83.9 Å². The lowest BCUT2D eigenvalue weighted by atomic mass is 9.75. The van der Waals surface area contributed by atoms with Gasteiger partial charge in [-0.15, -0.1) is 11.3 Å². The highest BCUT2D eigenvalue weighted by Gasteiger charge is 2.54. The summed E-state index contributed by atoms with van der Waals surface area (Å²) in [5, 5.41) is 12.4. The van der Waals surface area contributed by atoms with E-state index in [4.69, 9.17) is 23.7 Å². The molecule has 13 nitrogen and oxygen atoms in total. The first kappa shape index (κ1) is 44.8. The van der Waals surface area contributed by atoms with Crippen molar-refractivity contribution in [3.8, 4) is 10.4 Å². The number of Topliss-reactive ketones (excluding diaryl/α,β-unsaturated/α-hetero) is 2. The fraction of sp³-hybridized carbons (Fsp3) is 0.698. The average Bonchev–Trinajstić information content (AvgIpc) is 3.80. The second-order valence-electron chi connectivity index (χ2n) is 16.7. The van der Waals surface area contributed by atoms with Gasteiger partial charge in [0.05, 0.1) is 33.7 Å². The fourth-order valence-electron chi connectivity index (χ4n) is 8.89. The molecular formula is C43H63N3O10S. The Labute approximate surface area is 341 Å². The first-order chi connectivity index (χ1) is 27.0. The van der Waals surface area contributed by atoms with Gasteiger partial charge in [-0.2, -0.15) is 0 Å². The number of likely N-dealkylation sites (N-methyl/N-ethyl adjacent to an activating group) is 1. The van der Waals surface area contributed by atoms with Crippen LogP contribution in [-0.2, 0) is 44.5 Å². The molecule has 57 heavy (non-hydrogen) atoms. The second-order valence-corrected chi connectivity index (χ2v) is 17.8. The number of fused-ring (bicyclic) bond motifs is 1. The fourth-order valence-corrected chi connectivity index (χ4v) is 9.85. The summed E-state index contributed by atoms with van der Waals surface area (Å²) in [7, 11) is 5.25. The van der Waals surface area contributed by atoms with Crippen molar-refractivity contribution in [2.75, 3.05) is 27.7 Å². The van der Waals surface area contributed by atoms with E-state index in [9.17, 15) is 24.3 Å². The number of carbonyl (C=O) groups excluding carboxylic acids is 4. The summed E-state index contributed by atoms with van der Waals surface area (Å²) in [6, 6.07) is 9.11. The number of hydrogen-bond acceptors (Lipinski definition) is 13. The topological polar surface area (TPSA) is 154 Å². The molecule has 0 aliphatic carbocycles. The summed E-state index contributed by atoms with van der Waals surface area (Å²) in [4.78, 5) is 65.5. The van der Waals surface area contributed by atoms with Gasteiger partial charge in [0.15, 0.2) is 18.2 Å². The van der Waals surface area contributed by atoms with E-state index in [0.29, 0.717) is 25.8 Å². The SMILES string of the molecule is CC[C@H]1OC(=O)[C@H](C)C(=O)[C@H](C)[C@@H](O[C@@H]2O[C@H](C)C[C@H](N(C)C)[C@H]2O)[C@](C)(OC)C[C@@H](C)C(=O)[C@H](C)[C@@H]2[C@@H]1OC(=O)N2CCCCc1ncc(-c2ccccc2)s1. The van der Waals surface area contributed by atoms with E-state index in [1.807, 2.05) is 64.2 Å². The predicted molar refractivity (Wildman–Crippen MR) is 215 cm³/mol. The van der Waals surface area contributed by atoms with Crippen molar-refractivity contribution in [3.63, 3.8) is 0 Å². The number of methoxy groups -OCH3 is 1. The summed E-state index contributed by atoms with van der Waals surface area (Å²) in [5.74, 6) is -4.81. The minimum Gasteiger partial charge on any atom is -0.458 e. The Kier molecular flexibility index (Phi) is 15.1. The molecule has 1 N–H and O–H groups in total. The maximum atomic E-state index is 14.6. The average molecular weight is 814 g/mol. The van der Waals surface area contributed by atoms with Crippen LogP contribution in [0.15, 0.2) is 36.5 Å². The number of aliphatic hydroxyl groups excluding tert-OH is 1. The third-order valence-electron chi connectivity index (χ3n) is 12.3. The number of hydrogen-bond donors (Lipinski definition) is 1. The Morgan fingerprint density at radius 3 is 2.35 bits per heavy atom. The van der Waals surface area contributed by atoms with Crippen molar-refractivity contribution < 1.29 is 48.0 Å². The molecule has 0 spiro atoms. The van der Waals surface area contributed by atoms with Crippen LogP contribution >= 0.6 is 11.3 Å². The quantitative estimate of drug-likeness (QED) is 0.162. The van der Waals surface area contributed by atoms with Crippen LogP contribution in [0.1, 0.15) is 85.6 Å². The Hall–Kier alpha value is -3.27. The molecule has 1 aromatic heterocycles. The van der Waals surface area contributed by atoms with Crippen LogP contribution in [-0.4, -0.2) is 126 Å². The van der Waals surface area contributed by atoms with Crippen molar-refractivity contribution in [1.29, 1.82) is 0 Å². The van der Waals surface area contributed by atoms with Crippen LogP contribution in [0.4, 0.5) is 4.79 Å². The van der Waals surface area contributed by atoms with Gasteiger partial charge in [-0.05, 0) is 79.0 Å². The largest absolute Gasteiger partial charge is 0.458 e. The zero-order valence-corrected chi connectivity index (χ0v) is 36.0. The molecule has 3 aliphatic rings. The van der Waals surface area contributed by atoms with E-state index in [-0.39, 0.29) is 24.3 Å². The number of unbranched alkanes of at least 4 members (excludes halogenated alkanes) is 1. The van der Waals surface area contributed by atoms with E-state index >= 15 is 0 Å². The molecule has 4 heterocycles. The number of cyclic esters (lactones) is 1. The summed E-state index contributed by atoms with van der Waals surface area (Å²) >= 11 is 1.65. The Morgan fingerprint density at radius 2 is 1.70 bits per heavy atom. The monoisotopic (exact) mass is 813 g/mol. The van der Waals surface area contributed by atoms with Crippen LogP contribution in [0.2, 0.25) is 0 Å². The van der Waals surface area contributed by atoms with E-state index in [1.54, 1.807) is 37.0 Å². The number of esters is 1. The van der Waals surface area contributed by atoms with E-state index in [0.717, 1.165) is 28.3 Å². The van der Waals surface area contributed by atoms with Crippen LogP contribution in [0.5, 0.6) is 0 Å². The van der Waals surface area contributed by atoms with Gasteiger partial charge in [0.2, 0.25) is 0 Å².